The molecule has 0 aromatic carbocycles. The van der Waals surface area contributed by atoms with Crippen LogP contribution in [0.3, 0.4) is 0 Å². The van der Waals surface area contributed by atoms with E-state index in [1.165, 1.54) is 23.1 Å². The Labute approximate surface area is 158 Å². The molecule has 1 heterocycles. The highest BCUT2D eigenvalue weighted by atomic mass is 16.8. The monoisotopic (exact) mass is 364 g/mol. The van der Waals surface area contributed by atoms with Gasteiger partial charge in [0.1, 0.15) is 0 Å². The lowest BCUT2D eigenvalue weighted by molar-refractivity contribution is -0.183. The van der Waals surface area contributed by atoms with Gasteiger partial charge in [0, 0.05) is 20.1 Å². The van der Waals surface area contributed by atoms with Crippen LogP contribution < -0.4 is 0 Å². The van der Waals surface area contributed by atoms with Crippen molar-refractivity contribution in [1.82, 2.24) is 0 Å². The second kappa shape index (κ2) is 8.14. The van der Waals surface area contributed by atoms with Crippen LogP contribution >= 0.6 is 0 Å². The Morgan fingerprint density at radius 3 is 2.46 bits per heavy atom. The van der Waals surface area contributed by atoms with Gasteiger partial charge in [-0.05, 0) is 74.3 Å². The first kappa shape index (κ1) is 20.1. The zero-order chi connectivity index (χ0) is 19.0. The van der Waals surface area contributed by atoms with Crippen molar-refractivity contribution in [2.45, 2.75) is 72.1 Å². The van der Waals surface area contributed by atoms with Gasteiger partial charge in [-0.25, -0.2) is 0 Å². The molecule has 4 heteroatoms. The van der Waals surface area contributed by atoms with Gasteiger partial charge in [-0.15, -0.1) is 0 Å². The van der Waals surface area contributed by atoms with Crippen LogP contribution in [0.1, 0.15) is 53.4 Å². The highest BCUT2D eigenvalue weighted by molar-refractivity contribution is 5.34. The molecule has 0 amide bonds. The lowest BCUT2D eigenvalue weighted by Gasteiger charge is -2.35. The number of hydrogen-bond acceptors (Lipinski definition) is 4. The van der Waals surface area contributed by atoms with Gasteiger partial charge in [0.05, 0.1) is 6.10 Å². The molecular formula is C22H36O4. The molecule has 1 N–H and O–H groups in total. The van der Waals surface area contributed by atoms with Gasteiger partial charge < -0.3 is 19.3 Å². The van der Waals surface area contributed by atoms with Crippen LogP contribution in [-0.4, -0.2) is 38.0 Å². The van der Waals surface area contributed by atoms with Gasteiger partial charge in [0.2, 0.25) is 0 Å². The van der Waals surface area contributed by atoms with E-state index in [0.717, 1.165) is 19.3 Å². The van der Waals surface area contributed by atoms with E-state index in [0.29, 0.717) is 23.7 Å². The second-order valence-electron chi connectivity index (χ2n) is 8.83. The van der Waals surface area contributed by atoms with Gasteiger partial charge in [0.15, 0.2) is 12.6 Å². The SMILES string of the molecule is CO[C@H]1O[C@H](OC)C2=C1[C@H]([C@H](C)CCC=C(C)C)[C@H](O)C[C@@H](C)[C@@H]1C[C@H]21. The van der Waals surface area contributed by atoms with Crippen molar-refractivity contribution in [3.05, 3.63) is 22.8 Å². The molecule has 8 atom stereocenters. The highest BCUT2D eigenvalue weighted by Crippen LogP contribution is 2.58. The van der Waals surface area contributed by atoms with Crippen molar-refractivity contribution in [3.8, 4) is 0 Å². The van der Waals surface area contributed by atoms with Gasteiger partial charge in [0.25, 0.3) is 0 Å². The molecule has 26 heavy (non-hydrogen) atoms. The van der Waals surface area contributed by atoms with E-state index in [-0.39, 0.29) is 18.3 Å². The maximum absolute atomic E-state index is 11.2. The quantitative estimate of drug-likeness (QED) is 0.714. The normalized spacial score (nSPS) is 40.3. The molecule has 2 aliphatic carbocycles. The van der Waals surface area contributed by atoms with E-state index in [4.69, 9.17) is 14.2 Å². The zero-order valence-corrected chi connectivity index (χ0v) is 17.2. The molecule has 0 spiro atoms. The zero-order valence-electron chi connectivity index (χ0n) is 17.2. The van der Waals surface area contributed by atoms with Crippen molar-refractivity contribution in [1.29, 1.82) is 0 Å². The summed E-state index contributed by atoms with van der Waals surface area (Å²) in [5.74, 6) is 2.16. The predicted octanol–water partition coefficient (Wildman–Crippen LogP) is 4.29. The summed E-state index contributed by atoms with van der Waals surface area (Å²) in [4.78, 5) is 0. The summed E-state index contributed by atoms with van der Waals surface area (Å²) in [6.07, 6.45) is 5.37. The Morgan fingerprint density at radius 1 is 1.19 bits per heavy atom. The Hall–Kier alpha value is -0.680. The standard InChI is InChI=1S/C22H36O4/c1-12(2)8-7-9-13(3)18-17(23)10-14(4)15-11-16(15)19-20(18)22(25-6)26-21(19)24-5/h8,13-18,21-23H,7,9-11H2,1-6H3/t13-,14-,15+,16+,17-,18-,21+,22+/m1/s1. The molecule has 3 rings (SSSR count). The molecule has 1 saturated carbocycles. The van der Waals surface area contributed by atoms with Crippen molar-refractivity contribution in [3.63, 3.8) is 0 Å². The number of aliphatic hydroxyl groups excluding tert-OH is 1. The summed E-state index contributed by atoms with van der Waals surface area (Å²) < 4.78 is 17.4. The van der Waals surface area contributed by atoms with E-state index >= 15 is 0 Å². The molecule has 0 aromatic rings. The summed E-state index contributed by atoms with van der Waals surface area (Å²) in [6.45, 7) is 8.83. The fourth-order valence-corrected chi connectivity index (χ4v) is 5.25. The number of aliphatic hydroxyl groups is 1. The fourth-order valence-electron chi connectivity index (χ4n) is 5.25. The lowest BCUT2D eigenvalue weighted by atomic mass is 9.73. The minimum absolute atomic E-state index is 0.0738. The molecule has 148 valence electrons. The number of hydrogen-bond donors (Lipinski definition) is 1. The third kappa shape index (κ3) is 3.80. The molecule has 0 radical (unpaired) electrons. The summed E-state index contributed by atoms with van der Waals surface area (Å²) in [7, 11) is 3.40. The van der Waals surface area contributed by atoms with Crippen LogP contribution in [0.25, 0.3) is 0 Å². The first-order valence-electron chi connectivity index (χ1n) is 10.1. The van der Waals surface area contributed by atoms with E-state index in [1.807, 2.05) is 0 Å². The number of ether oxygens (including phenoxy) is 3. The topological polar surface area (TPSA) is 47.9 Å². The van der Waals surface area contributed by atoms with Crippen LogP contribution in [0, 0.1) is 29.6 Å². The molecule has 3 aliphatic rings. The van der Waals surface area contributed by atoms with E-state index < -0.39 is 6.29 Å². The largest absolute Gasteiger partial charge is 0.392 e. The molecule has 0 aromatic heterocycles. The second-order valence-corrected chi connectivity index (χ2v) is 8.83. The fraction of sp³-hybridized carbons (Fsp3) is 0.818. The molecule has 1 fully saturated rings. The van der Waals surface area contributed by atoms with Crippen LogP contribution in [0.5, 0.6) is 0 Å². The van der Waals surface area contributed by atoms with Gasteiger partial charge >= 0.3 is 0 Å². The van der Waals surface area contributed by atoms with Crippen molar-refractivity contribution >= 4 is 0 Å². The van der Waals surface area contributed by atoms with Gasteiger partial charge in [-0.3, -0.25) is 0 Å². The van der Waals surface area contributed by atoms with Crippen LogP contribution in [0.2, 0.25) is 0 Å². The first-order chi connectivity index (χ1) is 12.4. The molecule has 0 saturated heterocycles. The van der Waals surface area contributed by atoms with Crippen molar-refractivity contribution in [2.24, 2.45) is 29.6 Å². The Bertz CT molecular complexity index is 562. The van der Waals surface area contributed by atoms with Crippen molar-refractivity contribution in [2.75, 3.05) is 14.2 Å². The van der Waals surface area contributed by atoms with E-state index in [1.54, 1.807) is 14.2 Å². The summed E-state index contributed by atoms with van der Waals surface area (Å²) >= 11 is 0. The van der Waals surface area contributed by atoms with E-state index in [2.05, 4.69) is 33.8 Å². The van der Waals surface area contributed by atoms with Crippen LogP contribution in [0.4, 0.5) is 0 Å². The molecule has 1 aliphatic heterocycles. The maximum atomic E-state index is 11.2. The first-order valence-corrected chi connectivity index (χ1v) is 10.1. The number of methoxy groups -OCH3 is 2. The number of fused-ring (bicyclic) bond motifs is 2. The van der Waals surface area contributed by atoms with E-state index in [9.17, 15) is 5.11 Å². The average Bonchev–Trinajstić information content (AvgIpc) is 3.28. The molecule has 0 unspecified atom stereocenters. The highest BCUT2D eigenvalue weighted by Gasteiger charge is 2.54. The molecular weight excluding hydrogens is 328 g/mol. The minimum atomic E-state index is -0.393. The summed E-state index contributed by atoms with van der Waals surface area (Å²) in [6, 6.07) is 0. The average molecular weight is 365 g/mol. The Morgan fingerprint density at radius 2 is 1.85 bits per heavy atom. The predicted molar refractivity (Wildman–Crippen MR) is 102 cm³/mol. The number of rotatable bonds is 6. The van der Waals surface area contributed by atoms with Gasteiger partial charge in [-0.2, -0.15) is 0 Å². The minimum Gasteiger partial charge on any atom is -0.392 e. The van der Waals surface area contributed by atoms with Gasteiger partial charge in [-0.1, -0.05) is 25.5 Å². The Kier molecular flexibility index (Phi) is 6.28. The summed E-state index contributed by atoms with van der Waals surface area (Å²) in [5.41, 5.74) is 3.80. The smallest absolute Gasteiger partial charge is 0.183 e. The number of allylic oxidation sites excluding steroid dienone is 2. The third-order valence-electron chi connectivity index (χ3n) is 6.66. The summed E-state index contributed by atoms with van der Waals surface area (Å²) in [5, 5.41) is 11.2. The Balaban J connectivity index is 1.95. The maximum Gasteiger partial charge on any atom is 0.183 e. The molecule has 4 nitrogen and oxygen atoms in total. The van der Waals surface area contributed by atoms with Crippen LogP contribution in [-0.2, 0) is 14.2 Å². The molecule has 0 bridgehead atoms. The van der Waals surface area contributed by atoms with Crippen molar-refractivity contribution < 1.29 is 19.3 Å². The van der Waals surface area contributed by atoms with Crippen LogP contribution in [0.15, 0.2) is 22.8 Å². The lowest BCUT2D eigenvalue weighted by Crippen LogP contribution is -2.35. The third-order valence-corrected chi connectivity index (χ3v) is 6.66.